The Morgan fingerprint density at radius 2 is 2.06 bits per heavy atom. The van der Waals surface area contributed by atoms with Gasteiger partial charge in [0.1, 0.15) is 6.07 Å². The third kappa shape index (κ3) is 3.10. The van der Waals surface area contributed by atoms with Gasteiger partial charge in [-0.3, -0.25) is 4.79 Å². The van der Waals surface area contributed by atoms with Crippen molar-refractivity contribution in [1.82, 2.24) is 0 Å². The normalized spacial score (nSPS) is 11.1. The average Bonchev–Trinajstić information content (AvgIpc) is 2.25. The van der Waals surface area contributed by atoms with Crippen LogP contribution >= 0.6 is 34.2 Å². The summed E-state index contributed by atoms with van der Waals surface area (Å²) in [5.41, 5.74) is -1.74. The summed E-state index contributed by atoms with van der Waals surface area (Å²) in [5.74, 6) is -1.02. The van der Waals surface area contributed by atoms with Crippen LogP contribution in [0.2, 0.25) is 0 Å². The minimum atomic E-state index is -4.67. The fourth-order valence-corrected chi connectivity index (χ4v) is 2.08. The Labute approximate surface area is 114 Å². The summed E-state index contributed by atoms with van der Waals surface area (Å²) in [6, 6.07) is 3.36. The maximum atomic E-state index is 12.7. The van der Waals surface area contributed by atoms with E-state index in [1.165, 1.54) is 12.1 Å². The summed E-state index contributed by atoms with van der Waals surface area (Å²) >= 11 is 6.86. The smallest absolute Gasteiger partial charge is 0.293 e. The lowest BCUT2D eigenvalue weighted by atomic mass is 10.0. The molecule has 0 aliphatic carbocycles. The van der Waals surface area contributed by atoms with Gasteiger partial charge in [0.2, 0.25) is 0 Å². The first-order valence-corrected chi connectivity index (χ1v) is 5.82. The number of carbonyl (C=O) groups is 1. The number of hydrogen-bond donors (Lipinski definition) is 0. The molecule has 7 heteroatoms. The minimum Gasteiger partial charge on any atom is -0.293 e. The zero-order valence-electron chi connectivity index (χ0n) is 8.11. The molecule has 0 radical (unpaired) electrons. The second-order valence-electron chi connectivity index (χ2n) is 3.05. The van der Waals surface area contributed by atoms with Crippen LogP contribution < -0.4 is 0 Å². The minimum absolute atomic E-state index is 0.0772. The largest absolute Gasteiger partial charge is 0.417 e. The van der Waals surface area contributed by atoms with Gasteiger partial charge in [-0.2, -0.15) is 18.4 Å². The Hall–Kier alpha value is -0.810. The molecule has 0 saturated carbocycles. The standard InChI is InChI=1S/C10H4ClF3INO/c11-3-9(17)5-1-7(10(12,13)14)6(4-16)8(15)2-5/h1-2H,3H2. The van der Waals surface area contributed by atoms with E-state index in [0.29, 0.717) is 6.07 Å². The monoisotopic (exact) mass is 373 g/mol. The molecule has 17 heavy (non-hydrogen) atoms. The van der Waals surface area contributed by atoms with Crippen molar-refractivity contribution in [2.75, 3.05) is 5.88 Å². The van der Waals surface area contributed by atoms with E-state index >= 15 is 0 Å². The first kappa shape index (κ1) is 14.3. The van der Waals surface area contributed by atoms with Gasteiger partial charge in [0, 0.05) is 9.13 Å². The maximum Gasteiger partial charge on any atom is 0.417 e. The highest BCUT2D eigenvalue weighted by atomic mass is 127. The number of halogens is 5. The van der Waals surface area contributed by atoms with Crippen molar-refractivity contribution in [2.45, 2.75) is 6.18 Å². The molecular formula is C10H4ClF3INO. The van der Waals surface area contributed by atoms with E-state index in [4.69, 9.17) is 16.9 Å². The van der Waals surface area contributed by atoms with Gasteiger partial charge in [-0.1, -0.05) is 0 Å². The maximum absolute atomic E-state index is 12.7. The Kier molecular flexibility index (Phi) is 4.38. The second kappa shape index (κ2) is 5.23. The van der Waals surface area contributed by atoms with E-state index in [9.17, 15) is 18.0 Å². The molecule has 1 aromatic rings. The van der Waals surface area contributed by atoms with Crippen LogP contribution in [0.15, 0.2) is 12.1 Å². The number of nitrogens with zero attached hydrogens (tertiary/aromatic N) is 1. The molecule has 1 aromatic carbocycles. The Morgan fingerprint density at radius 1 is 1.47 bits per heavy atom. The molecule has 0 N–H and O–H groups in total. The molecule has 90 valence electrons. The van der Waals surface area contributed by atoms with Crippen molar-refractivity contribution < 1.29 is 18.0 Å². The predicted octanol–water partition coefficient (Wildman–Crippen LogP) is 3.60. The molecule has 0 spiro atoms. The topological polar surface area (TPSA) is 40.9 Å². The first-order chi connectivity index (χ1) is 7.81. The number of hydrogen-bond acceptors (Lipinski definition) is 2. The summed E-state index contributed by atoms with van der Waals surface area (Å²) in [5, 5.41) is 8.68. The van der Waals surface area contributed by atoms with E-state index in [0.717, 1.165) is 0 Å². The predicted molar refractivity (Wildman–Crippen MR) is 63.9 cm³/mol. The van der Waals surface area contributed by atoms with Gasteiger partial charge in [0.15, 0.2) is 5.78 Å². The third-order valence-corrected chi connectivity index (χ3v) is 3.04. The van der Waals surface area contributed by atoms with Crippen LogP contribution in [0.25, 0.3) is 0 Å². The SMILES string of the molecule is N#Cc1c(I)cc(C(=O)CCl)cc1C(F)(F)F. The number of benzene rings is 1. The van der Waals surface area contributed by atoms with E-state index < -0.39 is 29.0 Å². The van der Waals surface area contributed by atoms with Crippen LogP contribution in [-0.2, 0) is 6.18 Å². The van der Waals surface area contributed by atoms with Gasteiger partial charge in [0.25, 0.3) is 0 Å². The summed E-state index contributed by atoms with van der Waals surface area (Å²) < 4.78 is 38.1. The summed E-state index contributed by atoms with van der Waals surface area (Å²) in [4.78, 5) is 11.3. The molecule has 0 atom stereocenters. The molecule has 0 bridgehead atoms. The van der Waals surface area contributed by atoms with Crippen LogP contribution in [0.3, 0.4) is 0 Å². The van der Waals surface area contributed by atoms with Gasteiger partial charge >= 0.3 is 6.18 Å². The molecular weight excluding hydrogens is 369 g/mol. The van der Waals surface area contributed by atoms with Crippen LogP contribution in [-0.4, -0.2) is 11.7 Å². The summed E-state index contributed by atoms with van der Waals surface area (Å²) in [7, 11) is 0. The molecule has 0 aliphatic heterocycles. The quantitative estimate of drug-likeness (QED) is 0.451. The number of carbonyl (C=O) groups excluding carboxylic acids is 1. The van der Waals surface area contributed by atoms with Crippen molar-refractivity contribution >= 4 is 40.0 Å². The van der Waals surface area contributed by atoms with E-state index in [-0.39, 0.29) is 9.13 Å². The fourth-order valence-electron chi connectivity index (χ4n) is 1.18. The van der Waals surface area contributed by atoms with Gasteiger partial charge in [0.05, 0.1) is 17.0 Å². The van der Waals surface area contributed by atoms with Gasteiger partial charge in [-0.15, -0.1) is 11.6 Å². The van der Waals surface area contributed by atoms with E-state index in [1.807, 2.05) is 0 Å². The summed E-state index contributed by atoms with van der Waals surface area (Å²) in [6.45, 7) is 0. The number of nitriles is 1. The van der Waals surface area contributed by atoms with Crippen molar-refractivity contribution in [3.63, 3.8) is 0 Å². The molecule has 0 aliphatic rings. The number of ketones is 1. The van der Waals surface area contributed by atoms with E-state index in [2.05, 4.69) is 0 Å². The molecule has 2 nitrogen and oxygen atoms in total. The number of rotatable bonds is 2. The van der Waals surface area contributed by atoms with Crippen LogP contribution in [0.4, 0.5) is 13.2 Å². The zero-order chi connectivity index (χ0) is 13.2. The van der Waals surface area contributed by atoms with Crippen LogP contribution in [0.5, 0.6) is 0 Å². The highest BCUT2D eigenvalue weighted by molar-refractivity contribution is 14.1. The zero-order valence-corrected chi connectivity index (χ0v) is 11.0. The highest BCUT2D eigenvalue weighted by Crippen LogP contribution is 2.34. The average molecular weight is 373 g/mol. The highest BCUT2D eigenvalue weighted by Gasteiger charge is 2.35. The summed E-state index contributed by atoms with van der Waals surface area (Å²) in [6.07, 6.45) is -4.67. The van der Waals surface area contributed by atoms with Gasteiger partial charge in [-0.05, 0) is 34.7 Å². The molecule has 0 amide bonds. The van der Waals surface area contributed by atoms with Gasteiger partial charge in [-0.25, -0.2) is 0 Å². The molecule has 0 fully saturated rings. The number of alkyl halides is 4. The first-order valence-electron chi connectivity index (χ1n) is 4.21. The number of Topliss-reactive ketones (excluding diaryl/α,β-unsaturated/α-hetero) is 1. The van der Waals surface area contributed by atoms with Crippen LogP contribution in [0, 0.1) is 14.9 Å². The molecule has 0 saturated heterocycles. The van der Waals surface area contributed by atoms with Crippen molar-refractivity contribution in [1.29, 1.82) is 5.26 Å². The second-order valence-corrected chi connectivity index (χ2v) is 4.48. The lowest BCUT2D eigenvalue weighted by Crippen LogP contribution is -2.12. The lowest BCUT2D eigenvalue weighted by Gasteiger charge is -2.11. The van der Waals surface area contributed by atoms with Crippen molar-refractivity contribution in [3.05, 3.63) is 32.4 Å². The fraction of sp³-hybridized carbons (Fsp3) is 0.200. The van der Waals surface area contributed by atoms with Crippen molar-refractivity contribution in [2.24, 2.45) is 0 Å². The molecule has 0 unspecified atom stereocenters. The Morgan fingerprint density at radius 3 is 2.47 bits per heavy atom. The van der Waals surface area contributed by atoms with Crippen LogP contribution in [0.1, 0.15) is 21.5 Å². The Balaban J connectivity index is 3.52. The van der Waals surface area contributed by atoms with Crippen molar-refractivity contribution in [3.8, 4) is 6.07 Å². The molecule has 1 rings (SSSR count). The lowest BCUT2D eigenvalue weighted by molar-refractivity contribution is -0.137. The van der Waals surface area contributed by atoms with Gasteiger partial charge < -0.3 is 0 Å². The molecule has 0 aromatic heterocycles. The van der Waals surface area contributed by atoms with E-state index in [1.54, 1.807) is 22.6 Å². The molecule has 0 heterocycles. The Bertz CT molecular complexity index is 507. The third-order valence-electron chi connectivity index (χ3n) is 1.95.